The normalized spacial score (nSPS) is 15.3. The Balaban J connectivity index is 1.49. The van der Waals surface area contributed by atoms with Crippen LogP contribution in [0.5, 0.6) is 0 Å². The molecule has 1 fully saturated rings. The molecule has 5 nitrogen and oxygen atoms in total. The predicted molar refractivity (Wildman–Crippen MR) is 146 cm³/mol. The SMILES string of the molecule is Cc1ccc(N2CCN(C)CC2)cc1C(=O)N[C@H](C)c1cccc(-c2cccc(CN(C)C)c2)c1. The molecule has 0 spiro atoms. The average Bonchev–Trinajstić information content (AvgIpc) is 2.84. The molecule has 4 rings (SSSR count). The molecule has 1 atom stereocenters. The minimum absolute atomic E-state index is 0.0237. The highest BCUT2D eigenvalue weighted by Crippen LogP contribution is 2.26. The van der Waals surface area contributed by atoms with Crippen molar-refractivity contribution >= 4 is 11.6 Å². The first-order valence-corrected chi connectivity index (χ1v) is 12.5. The lowest BCUT2D eigenvalue weighted by atomic mass is 9.98. The van der Waals surface area contributed by atoms with Crippen LogP contribution >= 0.6 is 0 Å². The van der Waals surface area contributed by atoms with Gasteiger partial charge in [0.25, 0.3) is 5.91 Å². The molecule has 1 aliphatic rings. The van der Waals surface area contributed by atoms with Gasteiger partial charge in [0, 0.05) is 44.0 Å². The molecule has 1 amide bonds. The number of nitrogens with zero attached hydrogens (tertiary/aromatic N) is 3. The second-order valence-corrected chi connectivity index (χ2v) is 10.0. The summed E-state index contributed by atoms with van der Waals surface area (Å²) < 4.78 is 0. The van der Waals surface area contributed by atoms with E-state index in [1.165, 1.54) is 11.1 Å². The Morgan fingerprint density at radius 2 is 1.63 bits per heavy atom. The zero-order valence-corrected chi connectivity index (χ0v) is 21.7. The van der Waals surface area contributed by atoms with E-state index in [2.05, 4.69) is 115 Å². The van der Waals surface area contributed by atoms with Gasteiger partial charge in [-0.15, -0.1) is 0 Å². The van der Waals surface area contributed by atoms with Gasteiger partial charge in [-0.2, -0.15) is 0 Å². The van der Waals surface area contributed by atoms with Crippen molar-refractivity contribution in [1.29, 1.82) is 0 Å². The van der Waals surface area contributed by atoms with Gasteiger partial charge in [-0.05, 0) is 87.1 Å². The van der Waals surface area contributed by atoms with Gasteiger partial charge in [0.2, 0.25) is 0 Å². The molecule has 5 heteroatoms. The van der Waals surface area contributed by atoms with E-state index in [9.17, 15) is 4.79 Å². The van der Waals surface area contributed by atoms with E-state index < -0.39 is 0 Å². The third-order valence-corrected chi connectivity index (χ3v) is 6.83. The van der Waals surface area contributed by atoms with Crippen molar-refractivity contribution in [2.24, 2.45) is 0 Å². The number of aryl methyl sites for hydroxylation is 1. The fourth-order valence-electron chi connectivity index (χ4n) is 4.68. The van der Waals surface area contributed by atoms with E-state index in [0.29, 0.717) is 0 Å². The Bertz CT molecular complexity index is 1160. The molecular formula is C30H38N4O. The molecule has 0 unspecified atom stereocenters. The third kappa shape index (κ3) is 6.30. The molecule has 184 valence electrons. The Labute approximate surface area is 210 Å². The van der Waals surface area contributed by atoms with Crippen LogP contribution in [0.3, 0.4) is 0 Å². The van der Waals surface area contributed by atoms with Crippen LogP contribution < -0.4 is 10.2 Å². The largest absolute Gasteiger partial charge is 0.369 e. The van der Waals surface area contributed by atoms with Crippen LogP contribution in [-0.4, -0.2) is 63.0 Å². The fourth-order valence-corrected chi connectivity index (χ4v) is 4.68. The number of carbonyl (C=O) groups is 1. The summed E-state index contributed by atoms with van der Waals surface area (Å²) in [7, 11) is 6.32. The maximum atomic E-state index is 13.3. The number of piperazine rings is 1. The second-order valence-electron chi connectivity index (χ2n) is 10.0. The molecule has 1 saturated heterocycles. The summed E-state index contributed by atoms with van der Waals surface area (Å²) in [6.45, 7) is 9.03. The molecule has 0 bridgehead atoms. The van der Waals surface area contributed by atoms with Gasteiger partial charge in [0.1, 0.15) is 0 Å². The molecule has 0 radical (unpaired) electrons. The lowest BCUT2D eigenvalue weighted by Crippen LogP contribution is -2.44. The highest BCUT2D eigenvalue weighted by molar-refractivity contribution is 5.97. The standard InChI is InChI=1S/C30H38N4O/c1-22-12-13-28(34-16-14-33(5)15-17-34)20-29(22)30(35)31-23(2)25-9-7-11-27(19-25)26-10-6-8-24(18-26)21-32(3)4/h6-13,18-20,23H,14-17,21H2,1-5H3,(H,31,35)/t23-/m1/s1. The zero-order chi connectivity index (χ0) is 24.9. The Kier molecular flexibility index (Phi) is 7.89. The molecule has 35 heavy (non-hydrogen) atoms. The minimum atomic E-state index is -0.0981. The van der Waals surface area contributed by atoms with Gasteiger partial charge >= 0.3 is 0 Å². The molecule has 1 aliphatic heterocycles. The Hall–Kier alpha value is -3.15. The highest BCUT2D eigenvalue weighted by atomic mass is 16.1. The van der Waals surface area contributed by atoms with Crippen molar-refractivity contribution in [1.82, 2.24) is 15.1 Å². The summed E-state index contributed by atoms with van der Waals surface area (Å²) in [6, 6.07) is 23.3. The van der Waals surface area contributed by atoms with Crippen LogP contribution in [0.4, 0.5) is 5.69 Å². The van der Waals surface area contributed by atoms with E-state index in [0.717, 1.165) is 60.7 Å². The van der Waals surface area contributed by atoms with Crippen molar-refractivity contribution in [2.45, 2.75) is 26.4 Å². The summed E-state index contributed by atoms with van der Waals surface area (Å²) >= 11 is 0. The van der Waals surface area contributed by atoms with Crippen LogP contribution in [0, 0.1) is 6.92 Å². The van der Waals surface area contributed by atoms with E-state index in [-0.39, 0.29) is 11.9 Å². The van der Waals surface area contributed by atoms with Gasteiger partial charge in [-0.25, -0.2) is 0 Å². The Morgan fingerprint density at radius 3 is 2.34 bits per heavy atom. The van der Waals surface area contributed by atoms with Crippen molar-refractivity contribution in [3.05, 3.63) is 89.0 Å². The van der Waals surface area contributed by atoms with Gasteiger partial charge in [0.05, 0.1) is 6.04 Å². The summed E-state index contributed by atoms with van der Waals surface area (Å²) in [5.41, 5.74) is 7.62. The molecule has 3 aromatic rings. The van der Waals surface area contributed by atoms with Crippen molar-refractivity contribution in [3.63, 3.8) is 0 Å². The quantitative estimate of drug-likeness (QED) is 0.529. The van der Waals surface area contributed by atoms with Gasteiger partial charge in [-0.3, -0.25) is 4.79 Å². The summed E-state index contributed by atoms with van der Waals surface area (Å²) in [5, 5.41) is 3.23. The number of benzene rings is 3. The van der Waals surface area contributed by atoms with E-state index in [1.807, 2.05) is 6.92 Å². The molecule has 0 aliphatic carbocycles. The molecule has 1 N–H and O–H groups in total. The van der Waals surface area contributed by atoms with Crippen molar-refractivity contribution in [2.75, 3.05) is 52.2 Å². The molecule has 0 aromatic heterocycles. The molecular weight excluding hydrogens is 432 g/mol. The van der Waals surface area contributed by atoms with Crippen LogP contribution in [0.25, 0.3) is 11.1 Å². The fraction of sp³-hybridized carbons (Fsp3) is 0.367. The highest BCUT2D eigenvalue weighted by Gasteiger charge is 2.18. The topological polar surface area (TPSA) is 38.8 Å². The zero-order valence-electron chi connectivity index (χ0n) is 21.7. The second kappa shape index (κ2) is 11.1. The number of amides is 1. The summed E-state index contributed by atoms with van der Waals surface area (Å²) in [6.07, 6.45) is 0. The number of carbonyl (C=O) groups excluding carboxylic acids is 1. The lowest BCUT2D eigenvalue weighted by molar-refractivity contribution is 0.0939. The minimum Gasteiger partial charge on any atom is -0.369 e. The van der Waals surface area contributed by atoms with E-state index in [1.54, 1.807) is 0 Å². The third-order valence-electron chi connectivity index (χ3n) is 6.83. The van der Waals surface area contributed by atoms with Crippen molar-refractivity contribution < 1.29 is 4.79 Å². The van der Waals surface area contributed by atoms with Crippen LogP contribution in [0.2, 0.25) is 0 Å². The van der Waals surface area contributed by atoms with Crippen molar-refractivity contribution in [3.8, 4) is 11.1 Å². The average molecular weight is 471 g/mol. The first kappa shape index (κ1) is 25.0. The van der Waals surface area contributed by atoms with Gasteiger partial charge in [-0.1, -0.05) is 42.5 Å². The van der Waals surface area contributed by atoms with Crippen LogP contribution in [-0.2, 0) is 6.54 Å². The van der Waals surface area contributed by atoms with Gasteiger partial charge in [0.15, 0.2) is 0 Å². The molecule has 1 heterocycles. The number of nitrogens with one attached hydrogen (secondary N) is 1. The number of hydrogen-bond donors (Lipinski definition) is 1. The number of anilines is 1. The first-order chi connectivity index (χ1) is 16.8. The number of rotatable bonds is 7. The Morgan fingerprint density at radius 1 is 0.943 bits per heavy atom. The summed E-state index contributed by atoms with van der Waals surface area (Å²) in [4.78, 5) is 20.2. The summed E-state index contributed by atoms with van der Waals surface area (Å²) in [5.74, 6) is -0.0237. The maximum absolute atomic E-state index is 13.3. The van der Waals surface area contributed by atoms with Crippen LogP contribution in [0.15, 0.2) is 66.7 Å². The monoisotopic (exact) mass is 470 g/mol. The lowest BCUT2D eigenvalue weighted by Gasteiger charge is -2.34. The van der Waals surface area contributed by atoms with Gasteiger partial charge < -0.3 is 20.0 Å². The number of likely N-dealkylation sites (N-methyl/N-ethyl adjacent to an activating group) is 1. The first-order valence-electron chi connectivity index (χ1n) is 12.5. The smallest absolute Gasteiger partial charge is 0.252 e. The van der Waals surface area contributed by atoms with E-state index >= 15 is 0 Å². The maximum Gasteiger partial charge on any atom is 0.252 e. The van der Waals surface area contributed by atoms with E-state index in [4.69, 9.17) is 0 Å². The molecule has 0 saturated carbocycles. The predicted octanol–water partition coefficient (Wildman–Crippen LogP) is 4.97. The van der Waals surface area contributed by atoms with Crippen LogP contribution in [0.1, 0.15) is 40.0 Å². The number of hydrogen-bond acceptors (Lipinski definition) is 4. The molecule has 3 aromatic carbocycles.